The van der Waals surface area contributed by atoms with E-state index in [0.29, 0.717) is 16.8 Å². The highest BCUT2D eigenvalue weighted by Crippen LogP contribution is 2.24. The summed E-state index contributed by atoms with van der Waals surface area (Å²) in [4.78, 5) is 12.1. The molecule has 0 aromatic heterocycles. The van der Waals surface area contributed by atoms with E-state index in [2.05, 4.69) is 5.32 Å². The van der Waals surface area contributed by atoms with Crippen LogP contribution in [0.15, 0.2) is 30.3 Å². The van der Waals surface area contributed by atoms with Crippen molar-refractivity contribution in [2.24, 2.45) is 0 Å². The number of nitrogen functional groups attached to an aromatic ring is 1. The lowest BCUT2D eigenvalue weighted by Crippen LogP contribution is -2.13. The lowest BCUT2D eigenvalue weighted by Gasteiger charge is -2.09. The van der Waals surface area contributed by atoms with E-state index in [4.69, 9.17) is 22.6 Å². The van der Waals surface area contributed by atoms with E-state index in [1.165, 1.54) is 31.2 Å². The Bertz CT molecular complexity index is 745. The molecule has 0 spiro atoms. The number of amides is 1. The van der Waals surface area contributed by atoms with Crippen LogP contribution in [-0.4, -0.2) is 5.91 Å². The van der Waals surface area contributed by atoms with Crippen LogP contribution in [0.4, 0.5) is 15.8 Å². The summed E-state index contributed by atoms with van der Waals surface area (Å²) in [5.41, 5.74) is 6.94. The van der Waals surface area contributed by atoms with Crippen LogP contribution < -0.4 is 11.1 Å². The van der Waals surface area contributed by atoms with Crippen molar-refractivity contribution in [1.29, 1.82) is 5.26 Å². The Morgan fingerprint density at radius 3 is 2.67 bits per heavy atom. The minimum absolute atomic E-state index is 0.0935. The number of carbonyl (C=O) groups excluding carboxylic acids is 1. The quantitative estimate of drug-likeness (QED) is 0.833. The first-order valence-electron chi connectivity index (χ1n) is 5.99. The Morgan fingerprint density at radius 1 is 1.38 bits per heavy atom. The van der Waals surface area contributed by atoms with Crippen molar-refractivity contribution in [3.63, 3.8) is 0 Å². The number of rotatable bonds is 2. The number of benzene rings is 2. The Balaban J connectivity index is 2.28. The number of nitrogens with one attached hydrogen (secondary N) is 1. The first kappa shape index (κ1) is 14.8. The van der Waals surface area contributed by atoms with E-state index in [-0.39, 0.29) is 16.3 Å². The molecule has 106 valence electrons. The number of halogens is 2. The molecule has 0 radical (unpaired) electrons. The zero-order valence-corrected chi connectivity index (χ0v) is 11.8. The molecule has 6 heteroatoms. The van der Waals surface area contributed by atoms with Crippen LogP contribution in [0.3, 0.4) is 0 Å². The van der Waals surface area contributed by atoms with Crippen LogP contribution in [0.1, 0.15) is 21.5 Å². The molecule has 0 fully saturated rings. The third-order valence-electron chi connectivity index (χ3n) is 2.99. The zero-order chi connectivity index (χ0) is 15.6. The summed E-state index contributed by atoms with van der Waals surface area (Å²) < 4.78 is 13.6. The minimum atomic E-state index is -0.550. The molecule has 0 aliphatic heterocycles. The van der Waals surface area contributed by atoms with Gasteiger partial charge in [-0.25, -0.2) is 4.39 Å². The second kappa shape index (κ2) is 5.81. The summed E-state index contributed by atoms with van der Waals surface area (Å²) in [5.74, 6) is -1.08. The van der Waals surface area contributed by atoms with Crippen molar-refractivity contribution in [2.75, 3.05) is 11.1 Å². The van der Waals surface area contributed by atoms with E-state index in [0.717, 1.165) is 6.07 Å². The van der Waals surface area contributed by atoms with Crippen LogP contribution in [0.2, 0.25) is 5.02 Å². The molecular weight excluding hydrogens is 293 g/mol. The second-order valence-electron chi connectivity index (χ2n) is 4.43. The molecule has 0 bridgehead atoms. The second-order valence-corrected chi connectivity index (χ2v) is 4.84. The van der Waals surface area contributed by atoms with Gasteiger partial charge in [0.05, 0.1) is 22.3 Å². The standard InChI is InChI=1S/C15H11ClFN3O/c1-8-12(17)5-10(6-13(8)19)15(21)20-14-3-2-9(7-18)4-11(14)16/h2-6H,19H2,1H3,(H,20,21). The average molecular weight is 304 g/mol. The number of nitriles is 1. The number of hydrogen-bond donors (Lipinski definition) is 2. The first-order chi connectivity index (χ1) is 9.92. The summed E-state index contributed by atoms with van der Waals surface area (Å²) in [5, 5.41) is 11.5. The van der Waals surface area contributed by atoms with Gasteiger partial charge in [0, 0.05) is 16.8 Å². The fourth-order valence-electron chi connectivity index (χ4n) is 1.71. The van der Waals surface area contributed by atoms with Crippen LogP contribution in [0, 0.1) is 24.1 Å². The van der Waals surface area contributed by atoms with Crippen molar-refractivity contribution in [2.45, 2.75) is 6.92 Å². The molecule has 1 amide bonds. The van der Waals surface area contributed by atoms with Crippen molar-refractivity contribution >= 4 is 28.9 Å². The fourth-order valence-corrected chi connectivity index (χ4v) is 1.94. The molecule has 3 N–H and O–H groups in total. The van der Waals surface area contributed by atoms with Gasteiger partial charge >= 0.3 is 0 Å². The summed E-state index contributed by atoms with van der Waals surface area (Å²) >= 11 is 5.96. The highest BCUT2D eigenvalue weighted by Gasteiger charge is 2.13. The first-order valence-corrected chi connectivity index (χ1v) is 6.37. The van der Waals surface area contributed by atoms with Gasteiger partial charge in [-0.1, -0.05) is 11.6 Å². The molecule has 0 heterocycles. The number of hydrogen-bond acceptors (Lipinski definition) is 3. The molecule has 4 nitrogen and oxygen atoms in total. The van der Waals surface area contributed by atoms with Gasteiger partial charge in [0.25, 0.3) is 5.91 Å². The number of anilines is 2. The van der Waals surface area contributed by atoms with Crippen molar-refractivity contribution < 1.29 is 9.18 Å². The van der Waals surface area contributed by atoms with E-state index in [1.807, 2.05) is 6.07 Å². The van der Waals surface area contributed by atoms with Gasteiger partial charge in [-0.3, -0.25) is 4.79 Å². The number of carbonyl (C=O) groups is 1. The minimum Gasteiger partial charge on any atom is -0.398 e. The average Bonchev–Trinajstić information content (AvgIpc) is 2.46. The van der Waals surface area contributed by atoms with E-state index in [9.17, 15) is 9.18 Å². The summed E-state index contributed by atoms with van der Waals surface area (Å²) in [6, 6.07) is 8.90. The van der Waals surface area contributed by atoms with Gasteiger partial charge in [0.2, 0.25) is 0 Å². The zero-order valence-electron chi connectivity index (χ0n) is 11.1. The highest BCUT2D eigenvalue weighted by molar-refractivity contribution is 6.34. The topological polar surface area (TPSA) is 78.9 Å². The Kier molecular flexibility index (Phi) is 4.10. The fraction of sp³-hybridized carbons (Fsp3) is 0.0667. The molecule has 0 saturated carbocycles. The molecule has 0 aliphatic carbocycles. The van der Waals surface area contributed by atoms with Crippen molar-refractivity contribution in [1.82, 2.24) is 0 Å². The molecule has 2 rings (SSSR count). The maximum Gasteiger partial charge on any atom is 0.255 e. The van der Waals surface area contributed by atoms with Crippen LogP contribution in [-0.2, 0) is 0 Å². The van der Waals surface area contributed by atoms with Crippen LogP contribution >= 0.6 is 11.6 Å². The predicted octanol–water partition coefficient (Wildman–Crippen LogP) is 3.49. The van der Waals surface area contributed by atoms with Gasteiger partial charge < -0.3 is 11.1 Å². The molecule has 0 saturated heterocycles. The third kappa shape index (κ3) is 3.12. The maximum atomic E-state index is 13.6. The summed E-state index contributed by atoms with van der Waals surface area (Å²) in [6.07, 6.45) is 0. The molecule has 2 aromatic rings. The lowest BCUT2D eigenvalue weighted by molar-refractivity contribution is 0.102. The largest absolute Gasteiger partial charge is 0.398 e. The van der Waals surface area contributed by atoms with Gasteiger partial charge in [-0.15, -0.1) is 0 Å². The van der Waals surface area contributed by atoms with Crippen molar-refractivity contribution in [3.8, 4) is 6.07 Å². The van der Waals surface area contributed by atoms with Crippen LogP contribution in [0.25, 0.3) is 0 Å². The maximum absolute atomic E-state index is 13.6. The molecule has 0 aliphatic rings. The SMILES string of the molecule is Cc1c(N)cc(C(=O)Nc2ccc(C#N)cc2Cl)cc1F. The molecule has 2 aromatic carbocycles. The molecule has 0 atom stereocenters. The van der Waals surface area contributed by atoms with Crippen LogP contribution in [0.5, 0.6) is 0 Å². The van der Waals surface area contributed by atoms with Gasteiger partial charge in [-0.2, -0.15) is 5.26 Å². The van der Waals surface area contributed by atoms with Gasteiger partial charge in [0.15, 0.2) is 0 Å². The number of nitrogens with zero attached hydrogens (tertiary/aromatic N) is 1. The monoisotopic (exact) mass is 303 g/mol. The smallest absolute Gasteiger partial charge is 0.255 e. The normalized spacial score (nSPS) is 10.0. The van der Waals surface area contributed by atoms with Crippen molar-refractivity contribution in [3.05, 3.63) is 57.9 Å². The van der Waals surface area contributed by atoms with Gasteiger partial charge in [0.1, 0.15) is 5.82 Å². The van der Waals surface area contributed by atoms with E-state index in [1.54, 1.807) is 0 Å². The molecular formula is C15H11ClFN3O. The Hall–Kier alpha value is -2.58. The van der Waals surface area contributed by atoms with E-state index >= 15 is 0 Å². The Morgan fingerprint density at radius 2 is 2.10 bits per heavy atom. The number of nitrogens with two attached hydrogens (primary N) is 1. The third-order valence-corrected chi connectivity index (χ3v) is 3.31. The van der Waals surface area contributed by atoms with Gasteiger partial charge in [-0.05, 0) is 37.3 Å². The highest BCUT2D eigenvalue weighted by atomic mass is 35.5. The molecule has 0 unspecified atom stereocenters. The Labute approximate surface area is 125 Å². The summed E-state index contributed by atoms with van der Waals surface area (Å²) in [6.45, 7) is 1.53. The van der Waals surface area contributed by atoms with E-state index < -0.39 is 11.7 Å². The predicted molar refractivity (Wildman–Crippen MR) is 79.7 cm³/mol. The molecule has 21 heavy (non-hydrogen) atoms. The summed E-state index contributed by atoms with van der Waals surface area (Å²) in [7, 11) is 0. The lowest BCUT2D eigenvalue weighted by atomic mass is 10.1.